The highest BCUT2D eigenvalue weighted by molar-refractivity contribution is 5.61. The minimum Gasteiger partial charge on any atom is -1.00 e. The molecule has 0 aliphatic heterocycles. The van der Waals surface area contributed by atoms with Gasteiger partial charge in [-0.3, -0.25) is 0 Å². The van der Waals surface area contributed by atoms with Gasteiger partial charge in [0, 0.05) is 24.5 Å². The minimum absolute atomic E-state index is 0. The van der Waals surface area contributed by atoms with Crippen LogP contribution in [-0.4, -0.2) is 89.5 Å². The van der Waals surface area contributed by atoms with E-state index in [4.69, 9.17) is 10.5 Å². The Morgan fingerprint density at radius 1 is 0.483 bits per heavy atom. The standard InChI is InChI=1S/C44H52N12.2BrH/c1-9-53(39-13-17-41(33(3)25-39)49-51-43-15-11-35(29-45)27-37(43)31-47)19-21-55(5,6)23-24-56(7,8)22-20-54(10-2)40-14-18-42(34(4)26-40)50-52-44-16-12-36(30-46)28-38(44)32-48;;/h11-18,25-28H,9-10,19-24H2,1-8H3;2*1H/q+2;;/p-2. The third-order valence-electron chi connectivity index (χ3n) is 10.1. The summed E-state index contributed by atoms with van der Waals surface area (Å²) in [5.74, 6) is 0. The first-order valence-corrected chi connectivity index (χ1v) is 18.8. The fraction of sp³-hybridized carbons (Fsp3) is 0.364. The molecule has 0 amide bonds. The van der Waals surface area contributed by atoms with Crippen LogP contribution in [0.15, 0.2) is 93.3 Å². The molecule has 4 aromatic rings. The van der Waals surface area contributed by atoms with Crippen LogP contribution in [0, 0.1) is 59.2 Å². The van der Waals surface area contributed by atoms with Crippen LogP contribution in [-0.2, 0) is 0 Å². The lowest BCUT2D eigenvalue weighted by molar-refractivity contribution is -0.944. The molecule has 0 fully saturated rings. The van der Waals surface area contributed by atoms with Gasteiger partial charge < -0.3 is 52.7 Å². The predicted octanol–water partition coefficient (Wildman–Crippen LogP) is 3.13. The summed E-state index contributed by atoms with van der Waals surface area (Å²) in [4.78, 5) is 4.79. The van der Waals surface area contributed by atoms with Crippen LogP contribution < -0.4 is 43.8 Å². The van der Waals surface area contributed by atoms with Gasteiger partial charge in [0.25, 0.3) is 0 Å². The lowest BCUT2D eigenvalue weighted by atomic mass is 10.1. The fourth-order valence-electron chi connectivity index (χ4n) is 6.16. The first-order valence-electron chi connectivity index (χ1n) is 18.8. The van der Waals surface area contributed by atoms with Gasteiger partial charge in [0.1, 0.15) is 36.6 Å². The van der Waals surface area contributed by atoms with Crippen LogP contribution in [0.3, 0.4) is 0 Å². The van der Waals surface area contributed by atoms with Gasteiger partial charge in [-0.1, -0.05) is 0 Å². The van der Waals surface area contributed by atoms with Crippen LogP contribution in [0.5, 0.6) is 0 Å². The Labute approximate surface area is 365 Å². The molecule has 0 saturated carbocycles. The summed E-state index contributed by atoms with van der Waals surface area (Å²) in [5.41, 5.74) is 8.11. The number of rotatable bonds is 17. The summed E-state index contributed by atoms with van der Waals surface area (Å²) >= 11 is 0. The second kappa shape index (κ2) is 22.5. The van der Waals surface area contributed by atoms with Crippen LogP contribution in [0.4, 0.5) is 34.1 Å². The number of nitriles is 4. The number of anilines is 2. The number of quaternary nitrogens is 2. The zero-order chi connectivity index (χ0) is 40.9. The molecule has 0 radical (unpaired) electrons. The number of aryl methyl sites for hydroxylation is 2. The topological polar surface area (TPSA) is 151 Å². The van der Waals surface area contributed by atoms with Gasteiger partial charge in [0.05, 0.1) is 100 Å². The molecule has 0 atom stereocenters. The van der Waals surface area contributed by atoms with Crippen LogP contribution in [0.1, 0.15) is 47.2 Å². The summed E-state index contributed by atoms with van der Waals surface area (Å²) in [6.45, 7) is 16.1. The molecule has 302 valence electrons. The van der Waals surface area contributed by atoms with E-state index in [-0.39, 0.29) is 34.0 Å². The summed E-state index contributed by atoms with van der Waals surface area (Å²) in [6, 6.07) is 30.3. The summed E-state index contributed by atoms with van der Waals surface area (Å²) in [5, 5.41) is 54.7. The molecule has 0 heterocycles. The second-order valence-electron chi connectivity index (χ2n) is 15.2. The van der Waals surface area contributed by atoms with Crippen molar-refractivity contribution in [3.8, 4) is 24.3 Å². The SMILES string of the molecule is CCN(CC[N+](C)(C)CC[N+](C)(C)CCN(CC)c1ccc(N=Nc2ccc(C#N)cc2C#N)c(C)c1)c1ccc(N=Nc2ccc(C#N)cc2C#N)c(C)c1.[Br-].[Br-]. The number of hydrogen-bond donors (Lipinski definition) is 0. The van der Waals surface area contributed by atoms with Gasteiger partial charge in [0.2, 0.25) is 0 Å². The fourth-order valence-corrected chi connectivity index (χ4v) is 6.16. The Hall–Kier alpha value is -5.48. The van der Waals surface area contributed by atoms with Gasteiger partial charge in [-0.2, -0.15) is 31.3 Å². The van der Waals surface area contributed by atoms with E-state index in [9.17, 15) is 10.5 Å². The molecule has 0 saturated heterocycles. The zero-order valence-electron chi connectivity index (χ0n) is 34.7. The van der Waals surface area contributed by atoms with E-state index in [0.717, 1.165) is 95.2 Å². The van der Waals surface area contributed by atoms with Crippen molar-refractivity contribution >= 4 is 34.1 Å². The maximum atomic E-state index is 9.47. The van der Waals surface area contributed by atoms with E-state index in [2.05, 4.69) is 109 Å². The molecular weight excluding hydrogens is 856 g/mol. The van der Waals surface area contributed by atoms with Crippen molar-refractivity contribution in [1.82, 2.24) is 0 Å². The lowest BCUT2D eigenvalue weighted by Crippen LogP contribution is -3.00. The van der Waals surface area contributed by atoms with Crippen molar-refractivity contribution in [3.63, 3.8) is 0 Å². The van der Waals surface area contributed by atoms with Crippen LogP contribution in [0.2, 0.25) is 0 Å². The largest absolute Gasteiger partial charge is 1.00 e. The van der Waals surface area contributed by atoms with Crippen molar-refractivity contribution < 1.29 is 42.9 Å². The second-order valence-corrected chi connectivity index (χ2v) is 15.2. The summed E-state index contributed by atoms with van der Waals surface area (Å²) < 4.78 is 1.81. The van der Waals surface area contributed by atoms with Crippen molar-refractivity contribution in [1.29, 1.82) is 21.0 Å². The number of benzene rings is 4. The molecular formula is C44H52Br2N12. The van der Waals surface area contributed by atoms with Gasteiger partial charge >= 0.3 is 0 Å². The van der Waals surface area contributed by atoms with Gasteiger partial charge in [0.15, 0.2) is 0 Å². The molecule has 0 bridgehead atoms. The molecule has 0 aliphatic rings. The molecule has 0 aliphatic carbocycles. The van der Waals surface area contributed by atoms with Crippen molar-refractivity contribution in [2.24, 2.45) is 20.5 Å². The Bertz CT molecular complexity index is 2100. The van der Waals surface area contributed by atoms with Gasteiger partial charge in [-0.15, -0.1) is 10.2 Å². The summed E-state index contributed by atoms with van der Waals surface area (Å²) in [6.07, 6.45) is 0. The Morgan fingerprint density at radius 2 is 0.828 bits per heavy atom. The first-order chi connectivity index (χ1) is 26.7. The Morgan fingerprint density at radius 3 is 1.14 bits per heavy atom. The maximum absolute atomic E-state index is 9.47. The van der Waals surface area contributed by atoms with E-state index < -0.39 is 0 Å². The van der Waals surface area contributed by atoms with Gasteiger partial charge in [-0.25, -0.2) is 0 Å². The normalized spacial score (nSPS) is 11.2. The minimum atomic E-state index is 0. The molecule has 4 rings (SSSR count). The van der Waals surface area contributed by atoms with E-state index in [1.54, 1.807) is 24.3 Å². The predicted molar refractivity (Wildman–Crippen MR) is 222 cm³/mol. The average molecular weight is 909 g/mol. The van der Waals surface area contributed by atoms with Crippen LogP contribution in [0.25, 0.3) is 0 Å². The molecule has 0 spiro atoms. The molecule has 58 heavy (non-hydrogen) atoms. The smallest absolute Gasteiger partial charge is 0.128 e. The maximum Gasteiger partial charge on any atom is 0.128 e. The molecule has 14 heteroatoms. The Balaban J connectivity index is 0.00000580. The molecule has 4 aromatic carbocycles. The number of halogens is 2. The van der Waals surface area contributed by atoms with E-state index >= 15 is 0 Å². The van der Waals surface area contributed by atoms with E-state index in [1.165, 1.54) is 12.1 Å². The third-order valence-corrected chi connectivity index (χ3v) is 10.1. The van der Waals surface area contributed by atoms with Crippen molar-refractivity contribution in [2.45, 2.75) is 27.7 Å². The molecule has 12 nitrogen and oxygen atoms in total. The number of nitrogens with zero attached hydrogens (tertiary/aromatic N) is 12. The lowest BCUT2D eigenvalue weighted by Gasteiger charge is -2.38. The number of azo groups is 2. The van der Waals surface area contributed by atoms with Gasteiger partial charge in [-0.05, 0) is 112 Å². The van der Waals surface area contributed by atoms with E-state index in [1.807, 2.05) is 38.1 Å². The molecule has 0 unspecified atom stereocenters. The number of likely N-dealkylation sites (N-methyl/N-ethyl adjacent to an activating group) is 4. The monoisotopic (exact) mass is 906 g/mol. The average Bonchev–Trinajstić information content (AvgIpc) is 3.19. The zero-order valence-corrected chi connectivity index (χ0v) is 37.9. The first kappa shape index (κ1) is 48.7. The van der Waals surface area contributed by atoms with Crippen molar-refractivity contribution in [2.75, 3.05) is 90.3 Å². The Kier molecular flexibility index (Phi) is 18.8. The number of hydrogen-bond acceptors (Lipinski definition) is 10. The molecule has 0 aromatic heterocycles. The summed E-state index contributed by atoms with van der Waals surface area (Å²) in [7, 11) is 9.24. The van der Waals surface area contributed by atoms with Crippen molar-refractivity contribution in [3.05, 3.63) is 106 Å². The quantitative estimate of drug-likeness (QED) is 0.117. The van der Waals surface area contributed by atoms with E-state index in [0.29, 0.717) is 33.6 Å². The highest BCUT2D eigenvalue weighted by Gasteiger charge is 2.24. The molecule has 0 N–H and O–H groups in total. The highest BCUT2D eigenvalue weighted by atomic mass is 79.9. The third kappa shape index (κ3) is 13.6. The highest BCUT2D eigenvalue weighted by Crippen LogP contribution is 2.30. The van der Waals surface area contributed by atoms with Crippen LogP contribution >= 0.6 is 0 Å².